The molecule has 0 saturated carbocycles. The van der Waals surface area contributed by atoms with Gasteiger partial charge in [0.15, 0.2) is 0 Å². The first-order valence-electron chi connectivity index (χ1n) is 9.42. The third-order valence-corrected chi connectivity index (χ3v) is 6.35. The number of phenols is 1. The molecule has 138 valence electrons. The second-order valence-corrected chi connectivity index (χ2v) is 8.45. The summed E-state index contributed by atoms with van der Waals surface area (Å²) in [6, 6.07) is 11.1. The Balaban J connectivity index is 1.89. The Morgan fingerprint density at radius 2 is 2.00 bits per heavy atom. The van der Waals surface area contributed by atoms with E-state index < -0.39 is 0 Å². The molecular weight excluding hydrogens is 344 g/mol. The van der Waals surface area contributed by atoms with Gasteiger partial charge in [-0.15, -0.1) is 0 Å². The lowest BCUT2D eigenvalue weighted by atomic mass is 9.73. The smallest absolute Gasteiger partial charge is 0.134 e. The molecule has 1 aliphatic carbocycles. The monoisotopic (exact) mass is 370 g/mol. The SMILES string of the molecule is CN(C)Cc1cccc2c1CCC1C2c2cc(O)c(Cl)cc2CCN1C. The fourth-order valence-electron chi connectivity index (χ4n) is 4.84. The number of phenolic OH excluding ortho intramolecular Hbond substituents is 1. The van der Waals surface area contributed by atoms with Crippen LogP contribution in [0.5, 0.6) is 5.75 Å². The van der Waals surface area contributed by atoms with Crippen LogP contribution in [0, 0.1) is 0 Å². The number of rotatable bonds is 2. The molecule has 2 unspecified atom stereocenters. The van der Waals surface area contributed by atoms with Crippen molar-refractivity contribution in [2.45, 2.75) is 37.8 Å². The van der Waals surface area contributed by atoms with Gasteiger partial charge in [-0.2, -0.15) is 0 Å². The lowest BCUT2D eigenvalue weighted by molar-refractivity contribution is 0.213. The van der Waals surface area contributed by atoms with Gasteiger partial charge in [0.1, 0.15) is 5.75 Å². The number of benzene rings is 2. The summed E-state index contributed by atoms with van der Waals surface area (Å²) < 4.78 is 0. The highest BCUT2D eigenvalue weighted by Gasteiger charge is 2.37. The van der Waals surface area contributed by atoms with Gasteiger partial charge in [0.25, 0.3) is 0 Å². The molecule has 0 bridgehead atoms. The van der Waals surface area contributed by atoms with Crippen LogP contribution in [0.15, 0.2) is 30.3 Å². The molecule has 1 aliphatic heterocycles. The normalized spacial score (nSPS) is 22.5. The van der Waals surface area contributed by atoms with E-state index in [-0.39, 0.29) is 5.75 Å². The standard InChI is InChI=1S/C22H27ClN2O/c1-24(2)13-15-5-4-6-17-16(15)7-8-20-22(17)18-12-21(26)19(23)11-14(18)9-10-25(20)3/h4-6,11-12,20,22,26H,7-10,13H2,1-3H3. The average Bonchev–Trinajstić information content (AvgIpc) is 2.73. The van der Waals surface area contributed by atoms with Crippen molar-refractivity contribution in [1.29, 1.82) is 0 Å². The first-order chi connectivity index (χ1) is 12.5. The van der Waals surface area contributed by atoms with Crippen LogP contribution >= 0.6 is 11.6 Å². The van der Waals surface area contributed by atoms with Crippen molar-refractivity contribution in [3.63, 3.8) is 0 Å². The third kappa shape index (κ3) is 3.02. The van der Waals surface area contributed by atoms with Gasteiger partial charge < -0.3 is 14.9 Å². The molecule has 26 heavy (non-hydrogen) atoms. The molecule has 2 aromatic carbocycles. The number of hydrogen-bond donors (Lipinski definition) is 1. The predicted molar refractivity (Wildman–Crippen MR) is 107 cm³/mol. The topological polar surface area (TPSA) is 26.7 Å². The lowest BCUT2D eigenvalue weighted by Gasteiger charge is -2.39. The molecule has 0 aromatic heterocycles. The van der Waals surface area contributed by atoms with Gasteiger partial charge in [0, 0.05) is 25.0 Å². The van der Waals surface area contributed by atoms with Gasteiger partial charge in [-0.3, -0.25) is 0 Å². The van der Waals surface area contributed by atoms with Crippen molar-refractivity contribution in [2.75, 3.05) is 27.7 Å². The van der Waals surface area contributed by atoms with E-state index in [2.05, 4.69) is 49.1 Å². The van der Waals surface area contributed by atoms with Crippen LogP contribution in [0.4, 0.5) is 0 Å². The predicted octanol–water partition coefficient (Wildman–Crippen LogP) is 4.04. The summed E-state index contributed by atoms with van der Waals surface area (Å²) in [6.07, 6.45) is 3.26. The van der Waals surface area contributed by atoms with E-state index in [0.717, 1.165) is 32.4 Å². The van der Waals surface area contributed by atoms with Crippen LogP contribution < -0.4 is 0 Å². The second kappa shape index (κ2) is 6.88. The van der Waals surface area contributed by atoms with E-state index >= 15 is 0 Å². The molecule has 2 aromatic rings. The maximum absolute atomic E-state index is 10.3. The van der Waals surface area contributed by atoms with E-state index in [1.807, 2.05) is 12.1 Å². The highest BCUT2D eigenvalue weighted by Crippen LogP contribution is 2.45. The highest BCUT2D eigenvalue weighted by atomic mass is 35.5. The number of aromatic hydroxyl groups is 1. The number of halogens is 1. The Morgan fingerprint density at radius 3 is 2.77 bits per heavy atom. The minimum atomic E-state index is 0.199. The van der Waals surface area contributed by atoms with Crippen LogP contribution in [0.1, 0.15) is 40.2 Å². The maximum atomic E-state index is 10.3. The Labute approximate surface area is 161 Å². The molecule has 0 spiro atoms. The molecule has 0 radical (unpaired) electrons. The fraction of sp³-hybridized carbons (Fsp3) is 0.455. The zero-order chi connectivity index (χ0) is 18.4. The number of likely N-dealkylation sites (N-methyl/N-ethyl adjacent to an activating group) is 1. The summed E-state index contributed by atoms with van der Waals surface area (Å²) in [6.45, 7) is 2.00. The summed E-state index contributed by atoms with van der Waals surface area (Å²) in [5.41, 5.74) is 6.88. The molecule has 2 aliphatic rings. The van der Waals surface area contributed by atoms with Crippen LogP contribution in [-0.2, 0) is 19.4 Å². The second-order valence-electron chi connectivity index (χ2n) is 8.04. The summed E-state index contributed by atoms with van der Waals surface area (Å²) in [4.78, 5) is 4.73. The minimum Gasteiger partial charge on any atom is -0.506 e. The first kappa shape index (κ1) is 17.8. The zero-order valence-corrected chi connectivity index (χ0v) is 16.6. The van der Waals surface area contributed by atoms with Gasteiger partial charge in [0.05, 0.1) is 5.02 Å². The van der Waals surface area contributed by atoms with Gasteiger partial charge in [-0.1, -0.05) is 29.8 Å². The molecule has 3 nitrogen and oxygen atoms in total. The van der Waals surface area contributed by atoms with Crippen molar-refractivity contribution in [1.82, 2.24) is 9.80 Å². The van der Waals surface area contributed by atoms with Crippen molar-refractivity contribution < 1.29 is 5.11 Å². The molecule has 1 N–H and O–H groups in total. The molecule has 0 saturated heterocycles. The van der Waals surface area contributed by atoms with Crippen LogP contribution in [0.25, 0.3) is 0 Å². The average molecular weight is 371 g/mol. The lowest BCUT2D eigenvalue weighted by Crippen LogP contribution is -2.40. The molecule has 4 rings (SSSR count). The summed E-state index contributed by atoms with van der Waals surface area (Å²) >= 11 is 6.22. The Morgan fingerprint density at radius 1 is 1.19 bits per heavy atom. The molecule has 1 heterocycles. The fourth-order valence-corrected chi connectivity index (χ4v) is 5.03. The van der Waals surface area contributed by atoms with Gasteiger partial charge in [-0.05, 0) is 80.4 Å². The van der Waals surface area contributed by atoms with Gasteiger partial charge in [-0.25, -0.2) is 0 Å². The van der Waals surface area contributed by atoms with Crippen molar-refractivity contribution in [3.05, 3.63) is 63.2 Å². The van der Waals surface area contributed by atoms with E-state index in [4.69, 9.17) is 11.6 Å². The van der Waals surface area contributed by atoms with Gasteiger partial charge >= 0.3 is 0 Å². The molecule has 2 atom stereocenters. The largest absolute Gasteiger partial charge is 0.506 e. The van der Waals surface area contributed by atoms with Crippen LogP contribution in [0.2, 0.25) is 5.02 Å². The first-order valence-corrected chi connectivity index (χ1v) is 9.80. The Bertz CT molecular complexity index is 833. The van der Waals surface area contributed by atoms with Gasteiger partial charge in [0.2, 0.25) is 0 Å². The van der Waals surface area contributed by atoms with E-state index in [1.54, 1.807) is 0 Å². The van der Waals surface area contributed by atoms with Crippen molar-refractivity contribution in [3.8, 4) is 5.75 Å². The molecular formula is C22H27ClN2O. The van der Waals surface area contributed by atoms with Crippen molar-refractivity contribution >= 4 is 11.6 Å². The van der Waals surface area contributed by atoms with E-state index in [9.17, 15) is 5.11 Å². The van der Waals surface area contributed by atoms with E-state index in [1.165, 1.54) is 27.8 Å². The molecule has 4 heteroatoms. The van der Waals surface area contributed by atoms with Crippen LogP contribution in [0.3, 0.4) is 0 Å². The minimum absolute atomic E-state index is 0.199. The highest BCUT2D eigenvalue weighted by molar-refractivity contribution is 6.32. The summed E-state index contributed by atoms with van der Waals surface area (Å²) in [5.74, 6) is 0.497. The van der Waals surface area contributed by atoms with Crippen LogP contribution in [-0.4, -0.2) is 48.6 Å². The third-order valence-electron chi connectivity index (χ3n) is 6.05. The molecule has 0 amide bonds. The summed E-state index contributed by atoms with van der Waals surface area (Å²) in [7, 11) is 6.49. The van der Waals surface area contributed by atoms with Crippen molar-refractivity contribution in [2.24, 2.45) is 0 Å². The maximum Gasteiger partial charge on any atom is 0.134 e. The Hall–Kier alpha value is -1.55. The number of fused-ring (bicyclic) bond motifs is 5. The van der Waals surface area contributed by atoms with E-state index in [0.29, 0.717) is 17.0 Å². The quantitative estimate of drug-likeness (QED) is 0.864. The number of hydrogen-bond acceptors (Lipinski definition) is 3. The molecule has 0 fully saturated rings. The summed E-state index contributed by atoms with van der Waals surface area (Å²) in [5, 5.41) is 10.8. The number of nitrogens with zero attached hydrogens (tertiary/aromatic N) is 2. The Kier molecular flexibility index (Phi) is 4.72. The zero-order valence-electron chi connectivity index (χ0n) is 15.8.